The normalized spacial score (nSPS) is 29.4. The molecule has 0 saturated heterocycles. The lowest BCUT2D eigenvalue weighted by atomic mass is 9.69. The molecule has 3 atom stereocenters. The topological polar surface area (TPSA) is 40.7 Å². The number of nitrogens with one attached hydrogen (secondary N) is 2. The molecule has 0 spiro atoms. The molecule has 1 heterocycles. The summed E-state index contributed by atoms with van der Waals surface area (Å²) in [5.74, 6) is 3.09. The maximum absolute atomic E-state index is 4.66. The summed E-state index contributed by atoms with van der Waals surface area (Å²) in [4.78, 5) is 8.08. The lowest BCUT2D eigenvalue weighted by molar-refractivity contribution is 0.143. The summed E-state index contributed by atoms with van der Waals surface area (Å²) in [7, 11) is 0. The van der Waals surface area contributed by atoms with E-state index in [1.54, 1.807) is 0 Å². The molecule has 2 N–H and O–H groups in total. The Labute approximate surface area is 126 Å². The van der Waals surface area contributed by atoms with Crippen LogP contribution in [0.3, 0.4) is 0 Å². The molecule has 3 heteroatoms. The highest BCUT2D eigenvalue weighted by Gasteiger charge is 2.31. The van der Waals surface area contributed by atoms with Crippen LogP contribution in [0.15, 0.2) is 24.3 Å². The average Bonchev–Trinajstić information content (AvgIpc) is 2.95. The number of hydrogen-bond donors (Lipinski definition) is 2. The minimum absolute atomic E-state index is 0.692. The number of rotatable bonds is 3. The first-order valence-corrected chi connectivity index (χ1v) is 8.55. The quantitative estimate of drug-likeness (QED) is 0.893. The third kappa shape index (κ3) is 2.84. The van der Waals surface area contributed by atoms with E-state index in [2.05, 4.69) is 33.5 Å². The summed E-state index contributed by atoms with van der Waals surface area (Å²) < 4.78 is 0. The monoisotopic (exact) mass is 283 g/mol. The van der Waals surface area contributed by atoms with Gasteiger partial charge in [0.05, 0.1) is 17.6 Å². The molecule has 0 radical (unpaired) electrons. The molecule has 0 bridgehead atoms. The molecule has 4 rings (SSSR count). The molecular formula is C18H25N3. The number of hydrogen-bond acceptors (Lipinski definition) is 2. The molecular weight excluding hydrogens is 258 g/mol. The number of para-hydroxylation sites is 2. The molecule has 2 saturated carbocycles. The van der Waals surface area contributed by atoms with Crippen molar-refractivity contribution in [1.82, 2.24) is 15.3 Å². The SMILES string of the molecule is c1ccc2[nH]c(CNC3CCC4CCCCC4C3)nc2c1. The highest BCUT2D eigenvalue weighted by molar-refractivity contribution is 5.74. The lowest BCUT2D eigenvalue weighted by Crippen LogP contribution is -2.38. The van der Waals surface area contributed by atoms with Gasteiger partial charge in [0, 0.05) is 6.04 Å². The first-order valence-electron chi connectivity index (χ1n) is 8.55. The number of imidazole rings is 1. The number of fused-ring (bicyclic) bond motifs is 2. The second-order valence-electron chi connectivity index (χ2n) is 6.90. The summed E-state index contributed by atoms with van der Waals surface area (Å²) in [6, 6.07) is 8.96. The Morgan fingerprint density at radius 2 is 1.90 bits per heavy atom. The highest BCUT2D eigenvalue weighted by atomic mass is 15.0. The summed E-state index contributed by atoms with van der Waals surface area (Å²) in [5, 5.41) is 3.74. The van der Waals surface area contributed by atoms with Crippen molar-refractivity contribution in [3.8, 4) is 0 Å². The van der Waals surface area contributed by atoms with Gasteiger partial charge in [-0.15, -0.1) is 0 Å². The Morgan fingerprint density at radius 3 is 2.81 bits per heavy atom. The molecule has 3 unspecified atom stereocenters. The molecule has 1 aromatic heterocycles. The van der Waals surface area contributed by atoms with Crippen LogP contribution in [0.25, 0.3) is 11.0 Å². The van der Waals surface area contributed by atoms with Crippen LogP contribution in [0.2, 0.25) is 0 Å². The lowest BCUT2D eigenvalue weighted by Gasteiger charge is -2.39. The Kier molecular flexibility index (Phi) is 3.68. The fourth-order valence-corrected chi connectivity index (χ4v) is 4.39. The van der Waals surface area contributed by atoms with Gasteiger partial charge in [-0.2, -0.15) is 0 Å². The highest BCUT2D eigenvalue weighted by Crippen LogP contribution is 2.40. The zero-order chi connectivity index (χ0) is 14.1. The van der Waals surface area contributed by atoms with Crippen molar-refractivity contribution in [2.24, 2.45) is 11.8 Å². The predicted molar refractivity (Wildman–Crippen MR) is 86.0 cm³/mol. The molecule has 3 nitrogen and oxygen atoms in total. The van der Waals surface area contributed by atoms with Crippen LogP contribution in [-0.4, -0.2) is 16.0 Å². The van der Waals surface area contributed by atoms with E-state index in [1.807, 2.05) is 6.07 Å². The number of benzene rings is 1. The van der Waals surface area contributed by atoms with Gasteiger partial charge in [0.25, 0.3) is 0 Å². The van der Waals surface area contributed by atoms with Crippen molar-refractivity contribution in [3.05, 3.63) is 30.1 Å². The van der Waals surface area contributed by atoms with Gasteiger partial charge in [0.15, 0.2) is 0 Å². The summed E-state index contributed by atoms with van der Waals surface area (Å²) >= 11 is 0. The van der Waals surface area contributed by atoms with Gasteiger partial charge in [-0.05, 0) is 43.2 Å². The van der Waals surface area contributed by atoms with Gasteiger partial charge in [-0.3, -0.25) is 0 Å². The van der Waals surface area contributed by atoms with Crippen molar-refractivity contribution in [1.29, 1.82) is 0 Å². The van der Waals surface area contributed by atoms with Crippen molar-refractivity contribution in [2.45, 2.75) is 57.5 Å². The zero-order valence-corrected chi connectivity index (χ0v) is 12.6. The van der Waals surface area contributed by atoms with Crippen molar-refractivity contribution in [2.75, 3.05) is 0 Å². The molecule has 2 aromatic rings. The van der Waals surface area contributed by atoms with Crippen LogP contribution in [0.5, 0.6) is 0 Å². The maximum atomic E-state index is 4.66. The second-order valence-corrected chi connectivity index (χ2v) is 6.90. The maximum Gasteiger partial charge on any atom is 0.121 e. The molecule has 1 aromatic carbocycles. The van der Waals surface area contributed by atoms with E-state index in [4.69, 9.17) is 0 Å². The van der Waals surface area contributed by atoms with Crippen LogP contribution in [-0.2, 0) is 6.54 Å². The summed E-state index contributed by atoms with van der Waals surface area (Å²) in [5.41, 5.74) is 2.22. The van der Waals surface area contributed by atoms with Crippen LogP contribution >= 0.6 is 0 Å². The molecule has 2 fully saturated rings. The van der Waals surface area contributed by atoms with Crippen LogP contribution < -0.4 is 5.32 Å². The van der Waals surface area contributed by atoms with E-state index in [0.717, 1.165) is 35.2 Å². The van der Waals surface area contributed by atoms with E-state index in [-0.39, 0.29) is 0 Å². The van der Waals surface area contributed by atoms with Gasteiger partial charge in [0.2, 0.25) is 0 Å². The van der Waals surface area contributed by atoms with Gasteiger partial charge in [-0.25, -0.2) is 4.98 Å². The number of aromatic nitrogens is 2. The van der Waals surface area contributed by atoms with Crippen LogP contribution in [0.1, 0.15) is 50.8 Å². The van der Waals surface area contributed by atoms with Gasteiger partial charge in [0.1, 0.15) is 5.82 Å². The summed E-state index contributed by atoms with van der Waals surface area (Å²) in [6.45, 7) is 0.872. The minimum Gasteiger partial charge on any atom is -0.341 e. The molecule has 0 aliphatic heterocycles. The van der Waals surface area contributed by atoms with E-state index >= 15 is 0 Å². The summed E-state index contributed by atoms with van der Waals surface area (Å²) in [6.07, 6.45) is 10.0. The standard InChI is InChI=1S/C18H25N3/c1-2-6-14-11-15(10-9-13(14)5-1)19-12-18-20-16-7-3-4-8-17(16)21-18/h3-4,7-8,13-15,19H,1-2,5-6,9-12H2,(H,20,21). The fourth-order valence-electron chi connectivity index (χ4n) is 4.39. The van der Waals surface area contributed by atoms with Crippen LogP contribution in [0.4, 0.5) is 0 Å². The molecule has 112 valence electrons. The first kappa shape index (κ1) is 13.3. The van der Waals surface area contributed by atoms with Crippen LogP contribution in [0, 0.1) is 11.8 Å². The molecule has 2 aliphatic rings. The van der Waals surface area contributed by atoms with Gasteiger partial charge >= 0.3 is 0 Å². The Morgan fingerprint density at radius 1 is 1.05 bits per heavy atom. The van der Waals surface area contributed by atoms with E-state index in [1.165, 1.54) is 44.9 Å². The Bertz CT molecular complexity index is 570. The van der Waals surface area contributed by atoms with E-state index < -0.39 is 0 Å². The third-order valence-electron chi connectivity index (χ3n) is 5.54. The molecule has 0 amide bonds. The largest absolute Gasteiger partial charge is 0.341 e. The average molecular weight is 283 g/mol. The zero-order valence-electron chi connectivity index (χ0n) is 12.6. The van der Waals surface area contributed by atoms with E-state index in [9.17, 15) is 0 Å². The Balaban J connectivity index is 1.36. The van der Waals surface area contributed by atoms with Crippen molar-refractivity contribution in [3.63, 3.8) is 0 Å². The fraction of sp³-hybridized carbons (Fsp3) is 0.611. The second kappa shape index (κ2) is 5.80. The van der Waals surface area contributed by atoms with Gasteiger partial charge in [-0.1, -0.05) is 37.8 Å². The first-order chi connectivity index (χ1) is 10.4. The predicted octanol–water partition coefficient (Wildman–Crippen LogP) is 4.01. The number of H-pyrrole nitrogens is 1. The minimum atomic E-state index is 0.692. The molecule has 21 heavy (non-hydrogen) atoms. The number of aromatic amines is 1. The van der Waals surface area contributed by atoms with Crippen molar-refractivity contribution < 1.29 is 0 Å². The number of nitrogens with zero attached hydrogens (tertiary/aromatic N) is 1. The van der Waals surface area contributed by atoms with E-state index in [0.29, 0.717) is 6.04 Å². The van der Waals surface area contributed by atoms with Gasteiger partial charge < -0.3 is 10.3 Å². The Hall–Kier alpha value is -1.35. The smallest absolute Gasteiger partial charge is 0.121 e. The van der Waals surface area contributed by atoms with Crippen molar-refractivity contribution >= 4 is 11.0 Å². The molecule has 2 aliphatic carbocycles. The third-order valence-corrected chi connectivity index (χ3v) is 5.54.